The fourth-order valence-electron chi connectivity index (χ4n) is 3.76. The highest BCUT2D eigenvalue weighted by Gasteiger charge is 2.46. The van der Waals surface area contributed by atoms with Crippen molar-refractivity contribution in [2.45, 2.75) is 56.9 Å². The second-order valence-corrected chi connectivity index (χ2v) is 6.44. The van der Waals surface area contributed by atoms with Gasteiger partial charge in [0.05, 0.1) is 19.3 Å². The molecule has 2 unspecified atom stereocenters. The van der Waals surface area contributed by atoms with Crippen LogP contribution in [0.25, 0.3) is 10.4 Å². The zero-order valence-electron chi connectivity index (χ0n) is 13.7. The van der Waals surface area contributed by atoms with E-state index in [1.54, 1.807) is 0 Å². The zero-order chi connectivity index (χ0) is 17.2. The van der Waals surface area contributed by atoms with E-state index in [-0.39, 0.29) is 18.6 Å². The molecule has 3 rings (SSSR count). The first-order chi connectivity index (χ1) is 11.6. The van der Waals surface area contributed by atoms with Crippen LogP contribution in [0, 0.1) is 5.92 Å². The molecule has 2 heterocycles. The van der Waals surface area contributed by atoms with Crippen LogP contribution in [0.15, 0.2) is 5.11 Å². The molecule has 24 heavy (non-hydrogen) atoms. The number of cyclic esters (lactones) is 1. The number of amides is 2. The quantitative estimate of drug-likeness (QED) is 0.443. The summed E-state index contributed by atoms with van der Waals surface area (Å²) >= 11 is 0. The Labute approximate surface area is 139 Å². The van der Waals surface area contributed by atoms with Crippen molar-refractivity contribution in [3.63, 3.8) is 0 Å². The molecular formula is C15H22N4O5. The molecule has 1 saturated carbocycles. The number of imide groups is 1. The lowest BCUT2D eigenvalue weighted by Gasteiger charge is -2.37. The number of ether oxygens (including phenoxy) is 3. The Kier molecular flexibility index (Phi) is 4.93. The number of nitrogens with zero attached hydrogens (tertiary/aromatic N) is 4. The Morgan fingerprint density at radius 3 is 2.67 bits per heavy atom. The van der Waals surface area contributed by atoms with Crippen molar-refractivity contribution < 1.29 is 23.8 Å². The number of hydrogen-bond donors (Lipinski definition) is 0. The van der Waals surface area contributed by atoms with Gasteiger partial charge in [-0.3, -0.25) is 4.79 Å². The van der Waals surface area contributed by atoms with Crippen molar-refractivity contribution >= 4 is 12.0 Å². The highest BCUT2D eigenvalue weighted by molar-refractivity contribution is 5.96. The van der Waals surface area contributed by atoms with E-state index in [1.807, 2.05) is 6.92 Å². The Morgan fingerprint density at radius 1 is 1.42 bits per heavy atom. The number of rotatable bonds is 4. The van der Waals surface area contributed by atoms with Crippen LogP contribution in [0.2, 0.25) is 0 Å². The maximum absolute atomic E-state index is 12.8. The van der Waals surface area contributed by atoms with E-state index in [9.17, 15) is 9.59 Å². The van der Waals surface area contributed by atoms with E-state index in [1.165, 1.54) is 0 Å². The van der Waals surface area contributed by atoms with Gasteiger partial charge in [-0.1, -0.05) is 12.0 Å². The molecule has 9 heteroatoms. The normalized spacial score (nSPS) is 27.8. The van der Waals surface area contributed by atoms with Gasteiger partial charge in [0.1, 0.15) is 12.6 Å². The predicted octanol–water partition coefficient (Wildman–Crippen LogP) is 2.36. The summed E-state index contributed by atoms with van der Waals surface area (Å²) in [6.45, 7) is 3.25. The van der Waals surface area contributed by atoms with Crippen LogP contribution in [0.3, 0.4) is 0 Å². The van der Waals surface area contributed by atoms with Gasteiger partial charge in [0.2, 0.25) is 5.91 Å². The molecular weight excluding hydrogens is 316 g/mol. The molecule has 0 aromatic carbocycles. The summed E-state index contributed by atoms with van der Waals surface area (Å²) in [6.07, 6.45) is 2.56. The van der Waals surface area contributed by atoms with Crippen LogP contribution < -0.4 is 0 Å². The maximum atomic E-state index is 12.8. The molecule has 0 aromatic rings. The van der Waals surface area contributed by atoms with E-state index >= 15 is 0 Å². The largest absolute Gasteiger partial charge is 0.447 e. The third-order valence-electron chi connectivity index (χ3n) is 5.15. The Bertz CT molecular complexity index is 546. The molecule has 1 aliphatic carbocycles. The summed E-state index contributed by atoms with van der Waals surface area (Å²) in [7, 11) is 0. The molecule has 2 aliphatic heterocycles. The van der Waals surface area contributed by atoms with Crippen LogP contribution in [0.4, 0.5) is 4.79 Å². The summed E-state index contributed by atoms with van der Waals surface area (Å²) in [5.41, 5.74) is 8.88. The monoisotopic (exact) mass is 338 g/mol. The molecule has 9 nitrogen and oxygen atoms in total. The number of azide groups is 1. The lowest BCUT2D eigenvalue weighted by Crippen LogP contribution is -2.48. The zero-order valence-corrected chi connectivity index (χ0v) is 13.7. The van der Waals surface area contributed by atoms with Crippen LogP contribution in [-0.2, 0) is 19.0 Å². The van der Waals surface area contributed by atoms with E-state index in [4.69, 9.17) is 19.7 Å². The molecule has 132 valence electrons. The van der Waals surface area contributed by atoms with Crippen molar-refractivity contribution in [1.29, 1.82) is 0 Å². The number of hydrogen-bond acceptors (Lipinski definition) is 6. The van der Waals surface area contributed by atoms with Gasteiger partial charge in [-0.15, -0.1) is 0 Å². The molecule has 0 aromatic heterocycles. The van der Waals surface area contributed by atoms with E-state index in [0.717, 1.165) is 4.90 Å². The average molecular weight is 338 g/mol. The third-order valence-corrected chi connectivity index (χ3v) is 5.15. The second kappa shape index (κ2) is 6.96. The van der Waals surface area contributed by atoms with Crippen LogP contribution >= 0.6 is 0 Å². The van der Waals surface area contributed by atoms with Crippen LogP contribution in [0.5, 0.6) is 0 Å². The fraction of sp³-hybridized carbons (Fsp3) is 0.867. The highest BCUT2D eigenvalue weighted by atomic mass is 16.7. The number of carbonyl (C=O) groups is 2. The van der Waals surface area contributed by atoms with Crippen LogP contribution in [-0.4, -0.2) is 54.6 Å². The first kappa shape index (κ1) is 17.0. The van der Waals surface area contributed by atoms with Gasteiger partial charge in [0.25, 0.3) is 0 Å². The first-order valence-electron chi connectivity index (χ1n) is 8.42. The standard InChI is InChI=1S/C15H22N4O5/c1-2-11-9-22-14(21)19(11)13(20)12(17-18-16)10-3-5-15(6-4-10)23-7-8-24-15/h10-12H,2-9H2,1H3. The minimum Gasteiger partial charge on any atom is -0.447 e. The molecule has 1 spiro atoms. The van der Waals surface area contributed by atoms with Gasteiger partial charge >= 0.3 is 6.09 Å². The topological polar surface area (TPSA) is 114 Å². The van der Waals surface area contributed by atoms with Crippen LogP contribution in [0.1, 0.15) is 39.0 Å². The molecule has 2 saturated heterocycles. The Morgan fingerprint density at radius 2 is 2.08 bits per heavy atom. The summed E-state index contributed by atoms with van der Waals surface area (Å²) in [6, 6.07) is -1.19. The minimum absolute atomic E-state index is 0.127. The van der Waals surface area contributed by atoms with Gasteiger partial charge in [0.15, 0.2) is 5.79 Å². The lowest BCUT2D eigenvalue weighted by molar-refractivity contribution is -0.184. The summed E-state index contributed by atoms with van der Waals surface area (Å²) in [5, 5.41) is 3.71. The molecule has 0 radical (unpaired) electrons. The summed E-state index contributed by atoms with van der Waals surface area (Å²) < 4.78 is 16.3. The third kappa shape index (κ3) is 3.07. The first-order valence-corrected chi connectivity index (χ1v) is 8.42. The summed E-state index contributed by atoms with van der Waals surface area (Å²) in [4.78, 5) is 28.7. The van der Waals surface area contributed by atoms with E-state index in [2.05, 4.69) is 10.0 Å². The molecule has 0 N–H and O–H groups in total. The van der Waals surface area contributed by atoms with Gasteiger partial charge < -0.3 is 14.2 Å². The second-order valence-electron chi connectivity index (χ2n) is 6.44. The van der Waals surface area contributed by atoms with Crippen molar-refractivity contribution in [2.24, 2.45) is 11.0 Å². The van der Waals surface area contributed by atoms with E-state index < -0.39 is 23.8 Å². The molecule has 2 atom stereocenters. The van der Waals surface area contributed by atoms with Gasteiger partial charge in [-0.05, 0) is 30.7 Å². The van der Waals surface area contributed by atoms with Gasteiger partial charge in [0, 0.05) is 17.8 Å². The fourth-order valence-corrected chi connectivity index (χ4v) is 3.76. The molecule has 0 bridgehead atoms. The van der Waals surface area contributed by atoms with Gasteiger partial charge in [-0.2, -0.15) is 0 Å². The maximum Gasteiger partial charge on any atom is 0.416 e. The predicted molar refractivity (Wildman–Crippen MR) is 81.8 cm³/mol. The molecule has 2 amide bonds. The van der Waals surface area contributed by atoms with Crippen molar-refractivity contribution in [3.05, 3.63) is 10.4 Å². The highest BCUT2D eigenvalue weighted by Crippen LogP contribution is 2.40. The Balaban J connectivity index is 1.71. The Hall–Kier alpha value is -1.83. The molecule has 3 fully saturated rings. The van der Waals surface area contributed by atoms with Crippen molar-refractivity contribution in [1.82, 2.24) is 4.90 Å². The minimum atomic E-state index is -0.895. The van der Waals surface area contributed by atoms with Crippen molar-refractivity contribution in [2.75, 3.05) is 19.8 Å². The average Bonchev–Trinajstić information content (AvgIpc) is 3.20. The smallest absolute Gasteiger partial charge is 0.416 e. The van der Waals surface area contributed by atoms with E-state index in [0.29, 0.717) is 45.3 Å². The number of carbonyl (C=O) groups excluding carboxylic acids is 2. The van der Waals surface area contributed by atoms with Gasteiger partial charge in [-0.25, -0.2) is 9.69 Å². The van der Waals surface area contributed by atoms with Crippen molar-refractivity contribution in [3.8, 4) is 0 Å². The SMILES string of the molecule is CCC1COC(=O)N1C(=O)C(N=[N+]=[N-])C1CCC2(CC1)OCCO2. The lowest BCUT2D eigenvalue weighted by atomic mass is 9.80. The molecule has 3 aliphatic rings. The summed E-state index contributed by atoms with van der Waals surface area (Å²) in [5.74, 6) is -1.13.